The lowest BCUT2D eigenvalue weighted by molar-refractivity contribution is 0.415. The third-order valence-electron chi connectivity index (χ3n) is 5.65. The highest BCUT2D eigenvalue weighted by Gasteiger charge is 2.23. The fourth-order valence-corrected chi connectivity index (χ4v) is 5.25. The molecule has 2 heterocycles. The lowest BCUT2D eigenvalue weighted by Gasteiger charge is -2.17. The molecule has 0 radical (unpaired) electrons. The number of aromatic amines is 1. The van der Waals surface area contributed by atoms with Crippen molar-refractivity contribution in [2.24, 2.45) is 0 Å². The van der Waals surface area contributed by atoms with Crippen LogP contribution in [0.25, 0.3) is 21.3 Å². The van der Waals surface area contributed by atoms with Gasteiger partial charge in [0.25, 0.3) is 5.56 Å². The molecule has 3 aromatic carbocycles. The minimum Gasteiger partial charge on any atom is -0.497 e. The minimum absolute atomic E-state index is 0.121. The fourth-order valence-electron chi connectivity index (χ4n) is 4.20. The van der Waals surface area contributed by atoms with E-state index in [9.17, 15) is 4.79 Å². The van der Waals surface area contributed by atoms with Crippen molar-refractivity contribution in [3.05, 3.63) is 117 Å². The number of nitrogens with zero attached hydrogens (tertiary/aromatic N) is 1. The van der Waals surface area contributed by atoms with Gasteiger partial charge >= 0.3 is 0 Å². The molecule has 0 aliphatic rings. The number of nitrogens with one attached hydrogen (secondary N) is 1. The predicted octanol–water partition coefficient (Wildman–Crippen LogP) is 6.15. The Morgan fingerprint density at radius 3 is 2.19 bits per heavy atom. The zero-order chi connectivity index (χ0) is 22.1. The molecule has 5 aromatic rings. The number of H-pyrrole nitrogens is 1. The Kier molecular flexibility index (Phi) is 5.33. The average molecular weight is 439 g/mol. The molecule has 0 bridgehead atoms. The number of benzene rings is 3. The van der Waals surface area contributed by atoms with Gasteiger partial charge in [0, 0.05) is 10.4 Å². The van der Waals surface area contributed by atoms with Crippen LogP contribution in [0.3, 0.4) is 0 Å². The molecular weight excluding hydrogens is 416 g/mol. The molecule has 158 valence electrons. The van der Waals surface area contributed by atoms with Gasteiger partial charge in [-0.2, -0.15) is 0 Å². The second-order valence-electron chi connectivity index (χ2n) is 7.65. The Morgan fingerprint density at radius 2 is 1.56 bits per heavy atom. The van der Waals surface area contributed by atoms with Gasteiger partial charge in [-0.15, -0.1) is 11.3 Å². The van der Waals surface area contributed by atoms with Crippen LogP contribution in [0.4, 0.5) is 0 Å². The van der Waals surface area contributed by atoms with Crippen molar-refractivity contribution in [3.8, 4) is 16.9 Å². The highest BCUT2D eigenvalue weighted by molar-refractivity contribution is 7.19. The summed E-state index contributed by atoms with van der Waals surface area (Å²) in [6.45, 7) is 2.03. The van der Waals surface area contributed by atoms with E-state index in [4.69, 9.17) is 9.72 Å². The number of methoxy groups -OCH3 is 1. The number of aryl methyl sites for hydroxylation is 1. The summed E-state index contributed by atoms with van der Waals surface area (Å²) in [5, 5.41) is 0.629. The molecule has 0 aliphatic heterocycles. The van der Waals surface area contributed by atoms with Crippen molar-refractivity contribution in [3.63, 3.8) is 0 Å². The van der Waals surface area contributed by atoms with Gasteiger partial charge in [0.1, 0.15) is 16.4 Å². The molecule has 0 atom stereocenters. The predicted molar refractivity (Wildman–Crippen MR) is 131 cm³/mol. The molecule has 5 rings (SSSR count). The summed E-state index contributed by atoms with van der Waals surface area (Å²) in [5.74, 6) is 1.26. The van der Waals surface area contributed by atoms with E-state index in [0.29, 0.717) is 11.2 Å². The Hall–Kier alpha value is -3.70. The van der Waals surface area contributed by atoms with Gasteiger partial charge in [0.2, 0.25) is 0 Å². The lowest BCUT2D eigenvalue weighted by Crippen LogP contribution is -2.16. The summed E-state index contributed by atoms with van der Waals surface area (Å²) in [4.78, 5) is 23.3. The number of aromatic nitrogens is 2. The summed E-state index contributed by atoms with van der Waals surface area (Å²) in [7, 11) is 1.64. The molecule has 0 fully saturated rings. The van der Waals surface area contributed by atoms with E-state index in [-0.39, 0.29) is 11.5 Å². The number of rotatable bonds is 5. The summed E-state index contributed by atoms with van der Waals surface area (Å²) >= 11 is 1.55. The summed E-state index contributed by atoms with van der Waals surface area (Å²) in [6.07, 6.45) is 0. The van der Waals surface area contributed by atoms with E-state index in [1.807, 2.05) is 67.6 Å². The number of thiophene rings is 1. The Balaban J connectivity index is 1.72. The first kappa shape index (κ1) is 20.2. The summed E-state index contributed by atoms with van der Waals surface area (Å²) < 4.78 is 5.39. The third-order valence-corrected chi connectivity index (χ3v) is 6.65. The van der Waals surface area contributed by atoms with Gasteiger partial charge in [0.05, 0.1) is 18.4 Å². The first-order valence-corrected chi connectivity index (χ1v) is 11.2. The number of hydrogen-bond acceptors (Lipinski definition) is 4. The SMILES string of the molecule is COc1cccc(-c2c(C)sc3nc(C(c4ccccc4)c4ccccc4)[nH]c(=O)c23)c1. The van der Waals surface area contributed by atoms with Crippen molar-refractivity contribution in [2.75, 3.05) is 7.11 Å². The van der Waals surface area contributed by atoms with E-state index < -0.39 is 0 Å². The van der Waals surface area contributed by atoms with Crippen LogP contribution in [0.15, 0.2) is 89.7 Å². The lowest BCUT2D eigenvalue weighted by atomic mass is 9.90. The summed E-state index contributed by atoms with van der Waals surface area (Å²) in [6, 6.07) is 28.1. The van der Waals surface area contributed by atoms with Crippen LogP contribution in [0.1, 0.15) is 27.7 Å². The van der Waals surface area contributed by atoms with E-state index in [0.717, 1.165) is 37.7 Å². The van der Waals surface area contributed by atoms with Crippen LogP contribution < -0.4 is 10.3 Å². The van der Waals surface area contributed by atoms with Gasteiger partial charge in [-0.3, -0.25) is 4.79 Å². The van der Waals surface area contributed by atoms with Gasteiger partial charge in [0.15, 0.2) is 0 Å². The minimum atomic E-state index is -0.155. The first-order chi connectivity index (χ1) is 15.7. The van der Waals surface area contributed by atoms with Crippen molar-refractivity contribution in [2.45, 2.75) is 12.8 Å². The first-order valence-electron chi connectivity index (χ1n) is 10.4. The fraction of sp³-hybridized carbons (Fsp3) is 0.111. The molecule has 0 unspecified atom stereocenters. The molecule has 0 saturated carbocycles. The van der Waals surface area contributed by atoms with Crippen molar-refractivity contribution < 1.29 is 4.74 Å². The molecule has 2 aromatic heterocycles. The van der Waals surface area contributed by atoms with Gasteiger partial charge in [-0.1, -0.05) is 72.8 Å². The molecule has 1 N–H and O–H groups in total. The molecule has 4 nitrogen and oxygen atoms in total. The maximum Gasteiger partial charge on any atom is 0.260 e. The van der Waals surface area contributed by atoms with Crippen molar-refractivity contribution in [1.29, 1.82) is 0 Å². The van der Waals surface area contributed by atoms with E-state index >= 15 is 0 Å². The van der Waals surface area contributed by atoms with Crippen LogP contribution in [0.2, 0.25) is 0 Å². The topological polar surface area (TPSA) is 55.0 Å². The molecule has 0 amide bonds. The second kappa shape index (κ2) is 8.44. The van der Waals surface area contributed by atoms with Crippen LogP contribution in [0, 0.1) is 6.92 Å². The van der Waals surface area contributed by atoms with E-state index in [1.54, 1.807) is 18.4 Å². The highest BCUT2D eigenvalue weighted by atomic mass is 32.1. The second-order valence-corrected chi connectivity index (χ2v) is 8.85. The Morgan fingerprint density at radius 1 is 0.906 bits per heavy atom. The van der Waals surface area contributed by atoms with Gasteiger partial charge < -0.3 is 9.72 Å². The molecule has 0 aliphatic carbocycles. The smallest absolute Gasteiger partial charge is 0.260 e. The van der Waals surface area contributed by atoms with Crippen LogP contribution in [-0.2, 0) is 0 Å². The zero-order valence-corrected chi connectivity index (χ0v) is 18.6. The van der Waals surface area contributed by atoms with E-state index in [1.165, 1.54) is 0 Å². The number of fused-ring (bicyclic) bond motifs is 1. The van der Waals surface area contributed by atoms with Crippen LogP contribution >= 0.6 is 11.3 Å². The van der Waals surface area contributed by atoms with Crippen LogP contribution in [0.5, 0.6) is 5.75 Å². The van der Waals surface area contributed by atoms with E-state index in [2.05, 4.69) is 29.2 Å². The number of ether oxygens (including phenoxy) is 1. The average Bonchev–Trinajstić information content (AvgIpc) is 3.17. The normalized spacial score (nSPS) is 11.2. The maximum atomic E-state index is 13.4. The Labute approximate surface area is 190 Å². The molecule has 32 heavy (non-hydrogen) atoms. The van der Waals surface area contributed by atoms with Crippen LogP contribution in [-0.4, -0.2) is 17.1 Å². The largest absolute Gasteiger partial charge is 0.497 e. The standard InChI is InChI=1S/C27H22N2O2S/c1-17-22(20-14-9-15-21(16-20)31-2)24-26(30)28-25(29-27(24)32-17)23(18-10-5-3-6-11-18)19-12-7-4-8-13-19/h3-16,23H,1-2H3,(H,28,29,30). The monoisotopic (exact) mass is 438 g/mol. The molecule has 0 spiro atoms. The summed E-state index contributed by atoms with van der Waals surface area (Å²) in [5.41, 5.74) is 3.92. The molecular formula is C27H22N2O2S. The quantitative estimate of drug-likeness (QED) is 0.358. The molecule has 0 saturated heterocycles. The van der Waals surface area contributed by atoms with Crippen molar-refractivity contribution in [1.82, 2.24) is 9.97 Å². The van der Waals surface area contributed by atoms with Crippen molar-refractivity contribution >= 4 is 21.6 Å². The Bertz CT molecular complexity index is 1400. The third kappa shape index (κ3) is 3.61. The number of hydrogen-bond donors (Lipinski definition) is 1. The van der Waals surface area contributed by atoms with Gasteiger partial charge in [-0.05, 0) is 35.7 Å². The van der Waals surface area contributed by atoms with Gasteiger partial charge in [-0.25, -0.2) is 4.98 Å². The highest BCUT2D eigenvalue weighted by Crippen LogP contribution is 2.38. The molecule has 5 heteroatoms. The zero-order valence-electron chi connectivity index (χ0n) is 17.8. The maximum absolute atomic E-state index is 13.4.